The third-order valence-corrected chi connectivity index (χ3v) is 5.83. The van der Waals surface area contributed by atoms with Crippen molar-refractivity contribution in [2.24, 2.45) is 0 Å². The monoisotopic (exact) mass is 506 g/mol. The summed E-state index contributed by atoms with van der Waals surface area (Å²) in [5.41, 5.74) is 1.18. The normalized spacial score (nSPS) is 11.8. The van der Waals surface area contributed by atoms with Crippen LogP contribution in [0.3, 0.4) is 0 Å². The van der Waals surface area contributed by atoms with Crippen LogP contribution in [0.25, 0.3) is 21.7 Å². The van der Waals surface area contributed by atoms with Gasteiger partial charge in [-0.15, -0.1) is 0 Å². The molecule has 37 heavy (non-hydrogen) atoms. The smallest absolute Gasteiger partial charge is 0.326 e. The van der Waals surface area contributed by atoms with E-state index in [0.717, 1.165) is 22.4 Å². The second kappa shape index (κ2) is 10.4. The van der Waals surface area contributed by atoms with Crippen molar-refractivity contribution in [2.75, 3.05) is 5.32 Å². The summed E-state index contributed by atoms with van der Waals surface area (Å²) in [6, 6.07) is 11.6. The number of H-pyrrole nitrogens is 1. The molecule has 0 saturated heterocycles. The molecule has 0 radical (unpaired) electrons. The lowest BCUT2D eigenvalue weighted by Gasteiger charge is -2.14. The van der Waals surface area contributed by atoms with E-state index in [4.69, 9.17) is 5.11 Å². The molecule has 0 aliphatic rings. The lowest BCUT2D eigenvalue weighted by Crippen LogP contribution is -2.41. The Labute approximate surface area is 209 Å². The molecular weight excluding hydrogens is 483 g/mol. The number of carboxylic acids is 2. The number of aromatic nitrogens is 2. The summed E-state index contributed by atoms with van der Waals surface area (Å²) in [7, 11) is 0. The van der Waals surface area contributed by atoms with Gasteiger partial charge in [0.15, 0.2) is 0 Å². The number of aromatic amines is 1. The van der Waals surface area contributed by atoms with Crippen LogP contribution >= 0.6 is 0 Å². The first-order valence-corrected chi connectivity index (χ1v) is 11.3. The van der Waals surface area contributed by atoms with E-state index in [1.54, 1.807) is 13.0 Å². The number of benzene rings is 3. The standard InChI is InChI=1S/C26H23FN4O6/c1-13-29-20-7-4-15-3-2-14(10-18(15)23(20)25(35)30-13)12-28-16-5-6-17(19(27)11-16)24(34)31-21(26(36)37)8-9-22(32)33/h2-7,10-11,21,28H,8-9,12H2,1H3,(H,31,34)(H,32,33)(H,36,37)(H,29,30,35)/t21-/m0/s1. The minimum absolute atomic E-state index is 0.234. The third kappa shape index (κ3) is 5.72. The van der Waals surface area contributed by atoms with Crippen LogP contribution < -0.4 is 16.2 Å². The Morgan fingerprint density at radius 1 is 1.08 bits per heavy atom. The molecule has 4 aromatic rings. The van der Waals surface area contributed by atoms with E-state index >= 15 is 0 Å². The van der Waals surface area contributed by atoms with Crippen LogP contribution in [-0.2, 0) is 16.1 Å². The van der Waals surface area contributed by atoms with Crippen molar-refractivity contribution in [1.82, 2.24) is 15.3 Å². The predicted molar refractivity (Wildman–Crippen MR) is 134 cm³/mol. The van der Waals surface area contributed by atoms with Crippen molar-refractivity contribution in [3.8, 4) is 0 Å². The van der Waals surface area contributed by atoms with Crippen molar-refractivity contribution in [3.63, 3.8) is 0 Å². The average Bonchev–Trinajstić information content (AvgIpc) is 2.84. The van der Waals surface area contributed by atoms with E-state index in [9.17, 15) is 28.7 Å². The fourth-order valence-corrected chi connectivity index (χ4v) is 4.01. The zero-order chi connectivity index (χ0) is 26.7. The van der Waals surface area contributed by atoms with Crippen LogP contribution in [0.2, 0.25) is 0 Å². The van der Waals surface area contributed by atoms with Crippen molar-refractivity contribution in [1.29, 1.82) is 0 Å². The van der Waals surface area contributed by atoms with Crippen molar-refractivity contribution in [3.05, 3.63) is 81.7 Å². The maximum Gasteiger partial charge on any atom is 0.326 e. The first kappa shape index (κ1) is 25.3. The molecule has 1 atom stereocenters. The molecular formula is C26H23FN4O6. The molecule has 0 unspecified atom stereocenters. The zero-order valence-corrected chi connectivity index (χ0v) is 19.7. The SMILES string of the molecule is Cc1nc2ccc3ccc(CNc4ccc(C(=O)N[C@@H](CCC(=O)O)C(=O)O)c(F)c4)cc3c2c(=O)[nH]1. The molecule has 1 heterocycles. The molecule has 10 nitrogen and oxygen atoms in total. The summed E-state index contributed by atoms with van der Waals surface area (Å²) >= 11 is 0. The van der Waals surface area contributed by atoms with Gasteiger partial charge in [0.05, 0.1) is 16.5 Å². The van der Waals surface area contributed by atoms with Gasteiger partial charge in [-0.3, -0.25) is 14.4 Å². The third-order valence-electron chi connectivity index (χ3n) is 5.83. The molecule has 0 saturated carbocycles. The van der Waals surface area contributed by atoms with Crippen LogP contribution in [0.4, 0.5) is 10.1 Å². The Bertz CT molecular complexity index is 1600. The highest BCUT2D eigenvalue weighted by molar-refractivity contribution is 6.05. The summed E-state index contributed by atoms with van der Waals surface area (Å²) in [5.74, 6) is -3.93. The van der Waals surface area contributed by atoms with Crippen LogP contribution in [0, 0.1) is 12.7 Å². The molecule has 11 heteroatoms. The average molecular weight is 506 g/mol. The topological polar surface area (TPSA) is 161 Å². The van der Waals surface area contributed by atoms with Gasteiger partial charge in [0.25, 0.3) is 11.5 Å². The van der Waals surface area contributed by atoms with Crippen molar-refractivity contribution in [2.45, 2.75) is 32.4 Å². The molecule has 0 bridgehead atoms. The fraction of sp³-hybridized carbons (Fsp3) is 0.192. The molecule has 5 N–H and O–H groups in total. The molecule has 3 aromatic carbocycles. The second-order valence-electron chi connectivity index (χ2n) is 8.51. The van der Waals surface area contributed by atoms with Gasteiger partial charge in [-0.1, -0.05) is 18.2 Å². The summed E-state index contributed by atoms with van der Waals surface area (Å²) in [5, 5.41) is 25.2. The predicted octanol–water partition coefficient (Wildman–Crippen LogP) is 3.18. The summed E-state index contributed by atoms with van der Waals surface area (Å²) < 4.78 is 14.7. The Hall–Kier alpha value is -4.80. The number of carbonyl (C=O) groups is 3. The molecule has 1 amide bonds. The highest BCUT2D eigenvalue weighted by Gasteiger charge is 2.23. The van der Waals surface area contributed by atoms with E-state index in [0.29, 0.717) is 29.0 Å². The van der Waals surface area contributed by atoms with E-state index in [1.165, 1.54) is 12.1 Å². The minimum Gasteiger partial charge on any atom is -0.481 e. The maximum atomic E-state index is 14.7. The van der Waals surface area contributed by atoms with Gasteiger partial charge in [-0.25, -0.2) is 14.2 Å². The van der Waals surface area contributed by atoms with Gasteiger partial charge in [-0.2, -0.15) is 0 Å². The quantitative estimate of drug-likeness (QED) is 0.216. The Kier molecular flexibility index (Phi) is 7.14. The van der Waals surface area contributed by atoms with Gasteiger partial charge >= 0.3 is 11.9 Å². The first-order chi connectivity index (χ1) is 17.6. The lowest BCUT2D eigenvalue weighted by molar-refractivity contribution is -0.140. The van der Waals surface area contributed by atoms with Crippen LogP contribution in [0.1, 0.15) is 34.6 Å². The summed E-state index contributed by atoms with van der Waals surface area (Å²) in [6.45, 7) is 2.01. The van der Waals surface area contributed by atoms with Gasteiger partial charge in [-0.05, 0) is 60.0 Å². The largest absolute Gasteiger partial charge is 0.481 e. The number of anilines is 1. The number of carbonyl (C=O) groups excluding carboxylic acids is 1. The highest BCUT2D eigenvalue weighted by atomic mass is 19.1. The second-order valence-corrected chi connectivity index (χ2v) is 8.51. The van der Waals surface area contributed by atoms with Crippen molar-refractivity contribution < 1.29 is 29.0 Å². The minimum atomic E-state index is -1.46. The van der Waals surface area contributed by atoms with Gasteiger partial charge < -0.3 is 25.8 Å². The van der Waals surface area contributed by atoms with Crippen molar-refractivity contribution >= 4 is 45.2 Å². The van der Waals surface area contributed by atoms with E-state index in [1.807, 2.05) is 24.3 Å². The number of nitrogens with one attached hydrogen (secondary N) is 3. The van der Waals surface area contributed by atoms with Crippen LogP contribution in [0.15, 0.2) is 53.3 Å². The molecule has 4 rings (SSSR count). The Morgan fingerprint density at radius 3 is 2.54 bits per heavy atom. The van der Waals surface area contributed by atoms with E-state index in [2.05, 4.69) is 20.6 Å². The summed E-state index contributed by atoms with van der Waals surface area (Å²) in [6.07, 6.45) is -0.794. The number of fused-ring (bicyclic) bond motifs is 3. The molecule has 0 aliphatic carbocycles. The maximum absolute atomic E-state index is 14.7. The number of halogens is 1. The van der Waals surface area contributed by atoms with E-state index < -0.39 is 36.1 Å². The number of nitrogens with zero attached hydrogens (tertiary/aromatic N) is 1. The molecule has 0 fully saturated rings. The zero-order valence-electron chi connectivity index (χ0n) is 19.7. The molecule has 0 spiro atoms. The molecule has 1 aromatic heterocycles. The highest BCUT2D eigenvalue weighted by Crippen LogP contribution is 2.24. The van der Waals surface area contributed by atoms with Gasteiger partial charge in [0, 0.05) is 18.7 Å². The van der Waals surface area contributed by atoms with Gasteiger partial charge in [0.2, 0.25) is 0 Å². The van der Waals surface area contributed by atoms with Crippen LogP contribution in [0.5, 0.6) is 0 Å². The number of aliphatic carboxylic acids is 2. The number of aryl methyl sites for hydroxylation is 1. The number of carboxylic acid groups (broad SMARTS) is 2. The number of amides is 1. The summed E-state index contributed by atoms with van der Waals surface area (Å²) in [4.78, 5) is 54.0. The Morgan fingerprint density at radius 2 is 1.84 bits per heavy atom. The number of hydrogen-bond acceptors (Lipinski definition) is 6. The fourth-order valence-electron chi connectivity index (χ4n) is 4.01. The molecule has 190 valence electrons. The Balaban J connectivity index is 1.49. The number of rotatable bonds is 9. The molecule has 0 aliphatic heterocycles. The van der Waals surface area contributed by atoms with E-state index in [-0.39, 0.29) is 17.5 Å². The number of hydrogen-bond donors (Lipinski definition) is 5. The van der Waals surface area contributed by atoms with Crippen LogP contribution in [-0.4, -0.2) is 44.1 Å². The lowest BCUT2D eigenvalue weighted by atomic mass is 10.0. The first-order valence-electron chi connectivity index (χ1n) is 11.3. The van der Waals surface area contributed by atoms with Gasteiger partial charge in [0.1, 0.15) is 17.7 Å².